The summed E-state index contributed by atoms with van der Waals surface area (Å²) in [6.45, 7) is 21.6. The molecule has 28 heavy (non-hydrogen) atoms. The topological polar surface area (TPSA) is 33.1 Å². The highest BCUT2D eigenvalue weighted by Gasteiger charge is 2.14. The van der Waals surface area contributed by atoms with Crippen molar-refractivity contribution in [3.05, 3.63) is 65.0 Å². The first-order valence-electron chi connectivity index (χ1n) is 10.0. The summed E-state index contributed by atoms with van der Waals surface area (Å²) in [7, 11) is 4.13. The molecule has 2 aromatic rings. The normalized spacial score (nSPS) is 14.4. The lowest BCUT2D eigenvalue weighted by Crippen LogP contribution is -2.40. The second-order valence-electron chi connectivity index (χ2n) is 7.94. The number of aromatic nitrogens is 2. The zero-order valence-electron chi connectivity index (χ0n) is 18.5. The molecule has 0 atom stereocenters. The Hall–Kier alpha value is -2.17. The first-order chi connectivity index (χ1) is 13.2. The molecule has 4 heteroatoms. The Morgan fingerprint density at radius 1 is 1.04 bits per heavy atom. The maximum atomic E-state index is 4.47. The van der Waals surface area contributed by atoms with Crippen LogP contribution >= 0.6 is 0 Å². The van der Waals surface area contributed by atoms with Gasteiger partial charge in [0, 0.05) is 33.2 Å². The first kappa shape index (κ1) is 22.1. The highest BCUT2D eigenvalue weighted by atomic mass is 15.3. The van der Waals surface area contributed by atoms with Crippen molar-refractivity contribution in [1.29, 1.82) is 0 Å². The third-order valence-electron chi connectivity index (χ3n) is 5.40. The molecule has 4 nitrogen and oxygen atoms in total. The quantitative estimate of drug-likeness (QED) is 0.859. The van der Waals surface area contributed by atoms with E-state index in [2.05, 4.69) is 74.5 Å². The van der Waals surface area contributed by atoms with Crippen LogP contribution < -0.4 is 5.32 Å². The average Bonchev–Trinajstić information content (AvgIpc) is 2.90. The predicted molar refractivity (Wildman–Crippen MR) is 122 cm³/mol. The zero-order valence-corrected chi connectivity index (χ0v) is 18.5. The summed E-state index contributed by atoms with van der Waals surface area (Å²) in [5.41, 5.74) is 9.32. The third kappa shape index (κ3) is 5.66. The molecule has 0 aliphatic carbocycles. The number of likely N-dealkylation sites (N-methyl/N-ethyl adjacent to an activating group) is 1. The van der Waals surface area contributed by atoms with E-state index in [0.717, 1.165) is 42.0 Å². The molecule has 2 heterocycles. The summed E-state index contributed by atoms with van der Waals surface area (Å²) in [4.78, 5) is 2.33. The Kier molecular flexibility index (Phi) is 7.78. The van der Waals surface area contributed by atoms with E-state index in [9.17, 15) is 0 Å². The van der Waals surface area contributed by atoms with Gasteiger partial charge in [-0.1, -0.05) is 36.9 Å². The van der Waals surface area contributed by atoms with Crippen molar-refractivity contribution >= 4 is 11.1 Å². The van der Waals surface area contributed by atoms with Gasteiger partial charge in [0.15, 0.2) is 0 Å². The van der Waals surface area contributed by atoms with Crippen LogP contribution in [0.5, 0.6) is 0 Å². The highest BCUT2D eigenvalue weighted by molar-refractivity contribution is 5.79. The lowest BCUT2D eigenvalue weighted by Gasteiger charge is -2.21. The van der Waals surface area contributed by atoms with Gasteiger partial charge in [0.05, 0.1) is 11.4 Å². The van der Waals surface area contributed by atoms with Gasteiger partial charge in [-0.05, 0) is 69.0 Å². The lowest BCUT2D eigenvalue weighted by atomic mass is 9.93. The second kappa shape index (κ2) is 9.85. The lowest BCUT2D eigenvalue weighted by molar-refractivity contribution is 0.291. The van der Waals surface area contributed by atoms with E-state index in [1.165, 1.54) is 35.3 Å². The fraction of sp³-hybridized carbons (Fsp3) is 0.458. The maximum absolute atomic E-state index is 4.47. The molecule has 1 aliphatic heterocycles. The maximum Gasteiger partial charge on any atom is 0.0667 e. The van der Waals surface area contributed by atoms with Crippen molar-refractivity contribution in [3.63, 3.8) is 0 Å². The predicted octanol–water partition coefficient (Wildman–Crippen LogP) is 4.29. The Morgan fingerprint density at radius 3 is 2.18 bits per heavy atom. The van der Waals surface area contributed by atoms with Gasteiger partial charge < -0.3 is 10.2 Å². The standard InChI is InChI=1S/C19H24N2.C5H12N2/c1-12-8-9-13(2)18(10-12)14(3)11-15(4)19-16(5)17(6)20-21(19)7;1-7-4-2-6-3-5-7/h8-10H,3-4,11H2,1-2,5-7H3;6H,2-5H2,1H3. The van der Waals surface area contributed by atoms with Crippen LogP contribution in [-0.4, -0.2) is 47.9 Å². The van der Waals surface area contributed by atoms with E-state index >= 15 is 0 Å². The van der Waals surface area contributed by atoms with Crippen molar-refractivity contribution < 1.29 is 0 Å². The number of rotatable bonds is 4. The highest BCUT2D eigenvalue weighted by Crippen LogP contribution is 2.30. The van der Waals surface area contributed by atoms with E-state index in [1.54, 1.807) is 0 Å². The molecular formula is C24H36N4. The smallest absolute Gasteiger partial charge is 0.0667 e. The number of nitrogens with zero attached hydrogens (tertiary/aromatic N) is 3. The van der Waals surface area contributed by atoms with E-state index in [4.69, 9.17) is 0 Å². The molecule has 152 valence electrons. The van der Waals surface area contributed by atoms with E-state index < -0.39 is 0 Å². The first-order valence-corrected chi connectivity index (χ1v) is 10.0. The molecule has 0 saturated carbocycles. The molecule has 1 N–H and O–H groups in total. The molecule has 1 aliphatic rings. The van der Waals surface area contributed by atoms with Gasteiger partial charge >= 0.3 is 0 Å². The summed E-state index contributed by atoms with van der Waals surface area (Å²) < 4.78 is 1.92. The van der Waals surface area contributed by atoms with Gasteiger partial charge in [-0.25, -0.2) is 0 Å². The molecule has 0 unspecified atom stereocenters. The van der Waals surface area contributed by atoms with Crippen LogP contribution in [-0.2, 0) is 7.05 Å². The minimum Gasteiger partial charge on any atom is -0.314 e. The Balaban J connectivity index is 0.000000336. The van der Waals surface area contributed by atoms with Crippen LogP contribution in [0.1, 0.15) is 40.1 Å². The van der Waals surface area contributed by atoms with Crippen LogP contribution in [0.3, 0.4) is 0 Å². The van der Waals surface area contributed by atoms with Gasteiger partial charge in [-0.3, -0.25) is 4.68 Å². The number of aryl methyl sites for hydroxylation is 4. The molecule has 0 amide bonds. The van der Waals surface area contributed by atoms with E-state index in [0.29, 0.717) is 0 Å². The fourth-order valence-corrected chi connectivity index (χ4v) is 3.59. The summed E-state index contributed by atoms with van der Waals surface area (Å²) in [6, 6.07) is 6.49. The fourth-order valence-electron chi connectivity index (χ4n) is 3.59. The Morgan fingerprint density at radius 2 is 1.68 bits per heavy atom. The van der Waals surface area contributed by atoms with Gasteiger partial charge in [0.25, 0.3) is 0 Å². The van der Waals surface area contributed by atoms with Crippen molar-refractivity contribution in [3.8, 4) is 0 Å². The van der Waals surface area contributed by atoms with E-state index in [1.807, 2.05) is 18.7 Å². The monoisotopic (exact) mass is 380 g/mol. The molecule has 1 saturated heterocycles. The number of benzene rings is 1. The van der Waals surface area contributed by atoms with Crippen LogP contribution in [0.4, 0.5) is 0 Å². The molecule has 3 rings (SSSR count). The number of allylic oxidation sites excluding steroid dienone is 2. The van der Waals surface area contributed by atoms with Gasteiger partial charge in [0.2, 0.25) is 0 Å². The largest absolute Gasteiger partial charge is 0.314 e. The molecule has 1 aromatic carbocycles. The summed E-state index contributed by atoms with van der Waals surface area (Å²) in [5, 5.41) is 7.74. The zero-order chi connectivity index (χ0) is 20.8. The molecule has 1 fully saturated rings. The van der Waals surface area contributed by atoms with Gasteiger partial charge in [0.1, 0.15) is 0 Å². The number of hydrogen-bond acceptors (Lipinski definition) is 3. The van der Waals surface area contributed by atoms with Crippen molar-refractivity contribution in [1.82, 2.24) is 20.0 Å². The molecular weight excluding hydrogens is 344 g/mol. The summed E-state index contributed by atoms with van der Waals surface area (Å²) in [5.74, 6) is 0. The summed E-state index contributed by atoms with van der Waals surface area (Å²) in [6.07, 6.45) is 0.768. The Labute approximate surface area is 171 Å². The van der Waals surface area contributed by atoms with Gasteiger partial charge in [-0.2, -0.15) is 5.10 Å². The van der Waals surface area contributed by atoms with Crippen molar-refractivity contribution in [2.24, 2.45) is 7.05 Å². The van der Waals surface area contributed by atoms with Crippen LogP contribution in [0.15, 0.2) is 31.4 Å². The molecule has 0 bridgehead atoms. The van der Waals surface area contributed by atoms with Crippen LogP contribution in [0.25, 0.3) is 11.1 Å². The SMILES string of the molecule is C=C(CC(=C)c1c(C)c(C)nn1C)c1cc(C)ccc1C.CN1CCNCC1. The van der Waals surface area contributed by atoms with Gasteiger partial charge in [-0.15, -0.1) is 0 Å². The van der Waals surface area contributed by atoms with E-state index in [-0.39, 0.29) is 0 Å². The van der Waals surface area contributed by atoms with Crippen LogP contribution in [0.2, 0.25) is 0 Å². The summed E-state index contributed by atoms with van der Waals surface area (Å²) >= 11 is 0. The Bertz CT molecular complexity index is 839. The molecule has 1 aromatic heterocycles. The average molecular weight is 381 g/mol. The van der Waals surface area contributed by atoms with Crippen molar-refractivity contribution in [2.75, 3.05) is 33.2 Å². The van der Waals surface area contributed by atoms with Crippen LogP contribution in [0, 0.1) is 27.7 Å². The molecule has 0 spiro atoms. The molecule has 0 radical (unpaired) electrons. The minimum atomic E-state index is 0.768. The third-order valence-corrected chi connectivity index (χ3v) is 5.40. The number of hydrogen-bond donors (Lipinski definition) is 1. The minimum absolute atomic E-state index is 0.768. The second-order valence-corrected chi connectivity index (χ2v) is 7.94. The number of piperazine rings is 1. The van der Waals surface area contributed by atoms with Crippen molar-refractivity contribution in [2.45, 2.75) is 34.1 Å². The number of nitrogens with one attached hydrogen (secondary N) is 1.